The summed E-state index contributed by atoms with van der Waals surface area (Å²) < 4.78 is 23.3. The number of aromatic amines is 1. The quantitative estimate of drug-likeness (QED) is 0.103. The number of ether oxygens (including phenoxy) is 4. The normalized spacial score (nSPS) is 18.1. The van der Waals surface area contributed by atoms with Crippen molar-refractivity contribution in [3.05, 3.63) is 92.8 Å². The molecule has 1 aromatic heterocycles. The molecule has 10 heteroatoms. The molecule has 3 atom stereocenters. The van der Waals surface area contributed by atoms with E-state index in [1.165, 1.54) is 62.5 Å². The predicted molar refractivity (Wildman–Crippen MR) is 174 cm³/mol. The van der Waals surface area contributed by atoms with E-state index in [0.29, 0.717) is 6.61 Å². The molecule has 0 amide bonds. The minimum absolute atomic E-state index is 0.0370. The summed E-state index contributed by atoms with van der Waals surface area (Å²) in [6, 6.07) is 19.9. The number of nitrogens with one attached hydrogen (secondary N) is 1. The first kappa shape index (κ1) is 31.4. The highest BCUT2D eigenvalue weighted by Crippen LogP contribution is 2.36. The van der Waals surface area contributed by atoms with Crippen LogP contribution in [-0.4, -0.2) is 46.9 Å². The van der Waals surface area contributed by atoms with Gasteiger partial charge in [0.1, 0.15) is 25.0 Å². The Morgan fingerprint density at radius 2 is 1.59 bits per heavy atom. The van der Waals surface area contributed by atoms with Crippen molar-refractivity contribution in [2.24, 2.45) is 0 Å². The zero-order valence-electron chi connectivity index (χ0n) is 26.1. The average Bonchev–Trinajstić information content (AvgIpc) is 3.42. The van der Waals surface area contributed by atoms with Gasteiger partial charge in [-0.2, -0.15) is 0 Å². The van der Waals surface area contributed by atoms with Crippen LogP contribution in [0.25, 0.3) is 32.3 Å². The van der Waals surface area contributed by atoms with Crippen molar-refractivity contribution in [3.8, 4) is 0 Å². The van der Waals surface area contributed by atoms with Gasteiger partial charge in [0.2, 0.25) is 0 Å². The van der Waals surface area contributed by atoms with Crippen molar-refractivity contribution >= 4 is 44.3 Å². The molecule has 0 unspecified atom stereocenters. The molecule has 1 saturated heterocycles. The summed E-state index contributed by atoms with van der Waals surface area (Å²) >= 11 is 0. The molecule has 2 heterocycles. The van der Waals surface area contributed by atoms with E-state index in [4.69, 9.17) is 18.9 Å². The van der Waals surface area contributed by atoms with Crippen molar-refractivity contribution < 1.29 is 28.5 Å². The van der Waals surface area contributed by atoms with E-state index in [2.05, 4.69) is 59.6 Å². The number of esters is 2. The van der Waals surface area contributed by atoms with E-state index in [0.717, 1.165) is 32.1 Å². The van der Waals surface area contributed by atoms with Crippen LogP contribution < -0.4 is 11.2 Å². The van der Waals surface area contributed by atoms with Crippen LogP contribution >= 0.6 is 0 Å². The van der Waals surface area contributed by atoms with Crippen LogP contribution in [0.2, 0.25) is 0 Å². The third-order valence-electron chi connectivity index (χ3n) is 8.66. The van der Waals surface area contributed by atoms with Crippen molar-refractivity contribution in [3.63, 3.8) is 0 Å². The molecule has 0 bridgehead atoms. The van der Waals surface area contributed by atoms with Crippen molar-refractivity contribution in [1.82, 2.24) is 9.55 Å². The first-order chi connectivity index (χ1) is 22.3. The number of H-pyrrole nitrogens is 1. The van der Waals surface area contributed by atoms with Gasteiger partial charge in [-0.1, -0.05) is 67.4 Å². The fraction of sp³-hybridized carbons (Fsp3) is 0.389. The maximum absolute atomic E-state index is 12.6. The lowest BCUT2D eigenvalue weighted by atomic mass is 9.90. The van der Waals surface area contributed by atoms with Crippen LogP contribution in [0.3, 0.4) is 0 Å². The molecule has 46 heavy (non-hydrogen) atoms. The number of hydrogen-bond acceptors (Lipinski definition) is 8. The number of nitrogens with zero attached hydrogens (tertiary/aromatic N) is 1. The Morgan fingerprint density at radius 3 is 2.35 bits per heavy atom. The fourth-order valence-corrected chi connectivity index (χ4v) is 6.47. The molecule has 6 rings (SSSR count). The second-order valence-electron chi connectivity index (χ2n) is 11.9. The van der Waals surface area contributed by atoms with Crippen LogP contribution in [0.15, 0.2) is 70.4 Å². The number of aromatic nitrogens is 2. The number of rotatable bonds is 13. The van der Waals surface area contributed by atoms with E-state index in [1.807, 2.05) is 0 Å². The monoisotopic (exact) mass is 626 g/mol. The summed E-state index contributed by atoms with van der Waals surface area (Å²) in [4.78, 5) is 50.3. The molecule has 0 spiro atoms. The van der Waals surface area contributed by atoms with Gasteiger partial charge in [0.25, 0.3) is 5.56 Å². The topological polar surface area (TPSA) is 126 Å². The summed E-state index contributed by atoms with van der Waals surface area (Å²) in [6.45, 7) is 2.93. The Labute approximate surface area is 265 Å². The molecule has 0 radical (unpaired) electrons. The average molecular weight is 627 g/mol. The summed E-state index contributed by atoms with van der Waals surface area (Å²) in [7, 11) is 0. The summed E-state index contributed by atoms with van der Waals surface area (Å²) in [6.07, 6.45) is 4.29. The van der Waals surface area contributed by atoms with Crippen molar-refractivity contribution in [1.29, 1.82) is 0 Å². The standard InChI is InChI=1S/C36H38N2O8/c1-22(39)44-21-31-30(45-23(2)40)18-32(46-31)38-19-28(35(41)37-36(38)42)20-43-17-6-4-3-5-8-24-11-12-27-14-13-25-9-7-10-26-15-16-29(24)34(27)33(25)26/h7,9-16,19,30-32H,3-6,8,17-18,20-21H2,1-2H3,(H,37,41,42)/t30-,31+,32+/m0/s1. The molecular formula is C36H38N2O8. The summed E-state index contributed by atoms with van der Waals surface area (Å²) in [5.74, 6) is -1.02. The zero-order valence-corrected chi connectivity index (χ0v) is 26.1. The predicted octanol–water partition coefficient (Wildman–Crippen LogP) is 5.54. The second kappa shape index (κ2) is 13.8. The number of carbonyl (C=O) groups excluding carboxylic acids is 2. The lowest BCUT2D eigenvalue weighted by molar-refractivity contribution is -0.155. The molecule has 1 aliphatic heterocycles. The molecule has 240 valence electrons. The number of carbonyl (C=O) groups is 2. The van der Waals surface area contributed by atoms with Crippen LogP contribution in [0.1, 0.15) is 63.3 Å². The number of benzene rings is 4. The number of hydrogen-bond donors (Lipinski definition) is 1. The molecule has 1 fully saturated rings. The summed E-state index contributed by atoms with van der Waals surface area (Å²) in [5, 5.41) is 7.86. The summed E-state index contributed by atoms with van der Waals surface area (Å²) in [5.41, 5.74) is 0.475. The lowest BCUT2D eigenvalue weighted by Crippen LogP contribution is -2.34. The van der Waals surface area contributed by atoms with Crippen LogP contribution in [0, 0.1) is 0 Å². The second-order valence-corrected chi connectivity index (χ2v) is 11.9. The first-order valence-corrected chi connectivity index (χ1v) is 15.8. The highest BCUT2D eigenvalue weighted by atomic mass is 16.6. The molecule has 1 N–H and O–H groups in total. The minimum Gasteiger partial charge on any atom is -0.463 e. The van der Waals surface area contributed by atoms with Crippen molar-refractivity contribution in [2.75, 3.05) is 13.2 Å². The lowest BCUT2D eigenvalue weighted by Gasteiger charge is -2.17. The van der Waals surface area contributed by atoms with Crippen LogP contribution in [0.5, 0.6) is 0 Å². The van der Waals surface area contributed by atoms with Gasteiger partial charge in [-0.15, -0.1) is 0 Å². The van der Waals surface area contributed by atoms with Gasteiger partial charge in [0.05, 0.1) is 12.2 Å². The fourth-order valence-electron chi connectivity index (χ4n) is 6.47. The van der Waals surface area contributed by atoms with Gasteiger partial charge in [-0.05, 0) is 57.1 Å². The molecule has 0 saturated carbocycles. The van der Waals surface area contributed by atoms with Gasteiger partial charge in [-0.3, -0.25) is 23.9 Å². The maximum atomic E-state index is 12.6. The molecular weight excluding hydrogens is 588 g/mol. The van der Waals surface area contributed by atoms with E-state index in [9.17, 15) is 19.2 Å². The largest absolute Gasteiger partial charge is 0.463 e. The Hall–Kier alpha value is -4.54. The minimum atomic E-state index is -0.818. The molecule has 4 aromatic carbocycles. The van der Waals surface area contributed by atoms with E-state index >= 15 is 0 Å². The van der Waals surface area contributed by atoms with E-state index < -0.39 is 41.6 Å². The SMILES string of the molecule is CC(=O)OC[C@H]1O[C@@H](n2cc(COCCCCCCc3ccc4ccc5cccc6ccc3c4c56)c(=O)[nH]c2=O)C[C@@H]1OC(C)=O. The third-order valence-corrected chi connectivity index (χ3v) is 8.66. The third kappa shape index (κ3) is 6.83. The molecule has 5 aromatic rings. The molecule has 0 aliphatic carbocycles. The highest BCUT2D eigenvalue weighted by molar-refractivity contribution is 6.23. The Morgan fingerprint density at radius 1 is 0.870 bits per heavy atom. The van der Waals surface area contributed by atoms with E-state index in [1.54, 1.807) is 0 Å². The number of aryl methyl sites for hydroxylation is 1. The van der Waals surface area contributed by atoms with Gasteiger partial charge >= 0.3 is 17.6 Å². The zero-order chi connectivity index (χ0) is 32.2. The molecule has 1 aliphatic rings. The Kier molecular flexibility index (Phi) is 9.46. The molecule has 10 nitrogen and oxygen atoms in total. The van der Waals surface area contributed by atoms with E-state index in [-0.39, 0.29) is 25.2 Å². The van der Waals surface area contributed by atoms with Gasteiger partial charge in [0.15, 0.2) is 0 Å². The van der Waals surface area contributed by atoms with Crippen molar-refractivity contribution in [2.45, 2.75) is 77.4 Å². The number of unbranched alkanes of at least 4 members (excludes halogenated alkanes) is 3. The Balaban J connectivity index is 0.991. The maximum Gasteiger partial charge on any atom is 0.330 e. The van der Waals surface area contributed by atoms with Crippen LogP contribution in [0.4, 0.5) is 0 Å². The van der Waals surface area contributed by atoms with Gasteiger partial charge in [-0.25, -0.2) is 4.79 Å². The smallest absolute Gasteiger partial charge is 0.330 e. The highest BCUT2D eigenvalue weighted by Gasteiger charge is 2.39. The Bertz CT molecular complexity index is 1960. The first-order valence-electron chi connectivity index (χ1n) is 15.8. The van der Waals surface area contributed by atoms with Crippen LogP contribution in [-0.2, 0) is 41.6 Å². The van der Waals surface area contributed by atoms with Gasteiger partial charge in [0, 0.05) is 33.1 Å². The van der Waals surface area contributed by atoms with Gasteiger partial charge < -0.3 is 18.9 Å².